The van der Waals surface area contributed by atoms with Crippen molar-refractivity contribution in [3.05, 3.63) is 84.5 Å². The number of nitriles is 1. The first-order valence-electron chi connectivity index (χ1n) is 11.1. The van der Waals surface area contributed by atoms with Crippen molar-refractivity contribution in [2.24, 2.45) is 7.05 Å². The van der Waals surface area contributed by atoms with Gasteiger partial charge in [-0.1, -0.05) is 30.3 Å². The van der Waals surface area contributed by atoms with E-state index in [9.17, 15) is 9.65 Å². The normalized spacial score (nSPS) is 14.1. The van der Waals surface area contributed by atoms with E-state index in [4.69, 9.17) is 4.74 Å². The van der Waals surface area contributed by atoms with Gasteiger partial charge in [0.15, 0.2) is 5.75 Å². The van der Waals surface area contributed by atoms with E-state index < -0.39 is 5.95 Å². The highest BCUT2D eigenvalue weighted by molar-refractivity contribution is 5.83. The lowest BCUT2D eigenvalue weighted by atomic mass is 9.93. The molecule has 0 unspecified atom stereocenters. The van der Waals surface area contributed by atoms with Crippen LogP contribution in [-0.2, 0) is 7.05 Å². The number of aromatic nitrogens is 4. The molecule has 1 saturated heterocycles. The number of rotatable bonds is 5. The topological polar surface area (TPSA) is 79.9 Å². The number of anilines is 1. The van der Waals surface area contributed by atoms with Gasteiger partial charge in [-0.25, -0.2) is 4.98 Å². The number of halogens is 1. The van der Waals surface area contributed by atoms with Crippen molar-refractivity contribution < 1.29 is 9.13 Å². The Morgan fingerprint density at radius 2 is 1.88 bits per heavy atom. The summed E-state index contributed by atoms with van der Waals surface area (Å²) in [6, 6.07) is 18.6. The van der Waals surface area contributed by atoms with Crippen molar-refractivity contribution in [3.63, 3.8) is 0 Å². The number of hydrogen-bond donors (Lipinski definition) is 0. The zero-order chi connectivity index (χ0) is 23.5. The summed E-state index contributed by atoms with van der Waals surface area (Å²) in [4.78, 5) is 6.16. The first-order chi connectivity index (χ1) is 16.6. The third-order valence-corrected chi connectivity index (χ3v) is 6.17. The Hall–Kier alpha value is -4.25. The highest BCUT2D eigenvalue weighted by atomic mass is 19.1. The molecule has 0 aliphatic carbocycles. The molecule has 4 aromatic rings. The van der Waals surface area contributed by atoms with Gasteiger partial charge in [-0.2, -0.15) is 9.65 Å². The molecule has 0 saturated carbocycles. The van der Waals surface area contributed by atoms with Gasteiger partial charge in [0.25, 0.3) is 5.95 Å². The van der Waals surface area contributed by atoms with Gasteiger partial charge in [0.05, 0.1) is 11.3 Å². The zero-order valence-corrected chi connectivity index (χ0v) is 18.7. The average molecular weight is 455 g/mol. The van der Waals surface area contributed by atoms with Crippen LogP contribution in [0.15, 0.2) is 67.1 Å². The lowest BCUT2D eigenvalue weighted by Crippen LogP contribution is -2.34. The maximum atomic E-state index is 14.5. The molecule has 0 amide bonds. The third-order valence-electron chi connectivity index (χ3n) is 6.17. The molecule has 0 bridgehead atoms. The van der Waals surface area contributed by atoms with Crippen molar-refractivity contribution in [1.29, 1.82) is 5.26 Å². The van der Waals surface area contributed by atoms with Crippen molar-refractivity contribution in [1.82, 2.24) is 19.7 Å². The van der Waals surface area contributed by atoms with E-state index in [2.05, 4.69) is 26.2 Å². The Bertz CT molecular complexity index is 1340. The number of nitrogens with zero attached hydrogens (tertiary/aromatic N) is 6. The third kappa shape index (κ3) is 4.20. The summed E-state index contributed by atoms with van der Waals surface area (Å²) in [5, 5.41) is 18.1. The molecule has 5 rings (SSSR count). The smallest absolute Gasteiger partial charge is 0.255 e. The van der Waals surface area contributed by atoms with Crippen LogP contribution in [0, 0.1) is 17.3 Å². The lowest BCUT2D eigenvalue weighted by molar-refractivity contribution is 0.429. The average Bonchev–Trinajstić information content (AvgIpc) is 3.31. The summed E-state index contributed by atoms with van der Waals surface area (Å²) in [6.07, 6.45) is 5.01. The van der Waals surface area contributed by atoms with Crippen LogP contribution in [0.25, 0.3) is 11.1 Å². The molecule has 0 radical (unpaired) electrons. The van der Waals surface area contributed by atoms with Crippen LogP contribution < -0.4 is 9.64 Å². The van der Waals surface area contributed by atoms with E-state index >= 15 is 0 Å². The number of benzene rings is 2. The minimum absolute atomic E-state index is 0.0398. The van der Waals surface area contributed by atoms with E-state index in [0.717, 1.165) is 43.0 Å². The molecule has 0 atom stereocenters. The molecule has 0 spiro atoms. The fourth-order valence-electron chi connectivity index (χ4n) is 4.49. The van der Waals surface area contributed by atoms with Gasteiger partial charge >= 0.3 is 0 Å². The molecule has 2 aromatic carbocycles. The quantitative estimate of drug-likeness (QED) is 0.392. The summed E-state index contributed by atoms with van der Waals surface area (Å²) in [5.41, 5.74) is 2.92. The van der Waals surface area contributed by atoms with Crippen LogP contribution in [0.4, 0.5) is 10.1 Å². The minimum atomic E-state index is -0.685. The standard InChI is InChI=1S/C26H23FN6O/c1-32-17-30-31-26(32)18-10-12-33(13-11-18)24-19(15-28)6-5-9-22(24)20-14-23(25(27)29-16-20)34-21-7-3-2-4-8-21/h2-9,14,16-18H,10-13H2,1H3. The van der Waals surface area contributed by atoms with E-state index in [1.807, 2.05) is 48.0 Å². The number of pyridine rings is 1. The van der Waals surface area contributed by atoms with Crippen LogP contribution in [0.5, 0.6) is 11.5 Å². The van der Waals surface area contributed by atoms with Gasteiger partial charge < -0.3 is 14.2 Å². The predicted molar refractivity (Wildman–Crippen MR) is 126 cm³/mol. The number of aryl methyl sites for hydroxylation is 1. The fourth-order valence-corrected chi connectivity index (χ4v) is 4.49. The van der Waals surface area contributed by atoms with Crippen LogP contribution in [0.2, 0.25) is 0 Å². The fraction of sp³-hybridized carbons (Fsp3) is 0.231. The molecule has 7 nitrogen and oxygen atoms in total. The Balaban J connectivity index is 1.47. The van der Waals surface area contributed by atoms with Crippen molar-refractivity contribution in [2.45, 2.75) is 18.8 Å². The highest BCUT2D eigenvalue weighted by Gasteiger charge is 2.27. The molecule has 34 heavy (non-hydrogen) atoms. The van der Waals surface area contributed by atoms with Gasteiger partial charge in [-0.15, -0.1) is 10.2 Å². The predicted octanol–water partition coefficient (Wildman–Crippen LogP) is 5.06. The summed E-state index contributed by atoms with van der Waals surface area (Å²) in [6.45, 7) is 1.54. The second-order valence-corrected chi connectivity index (χ2v) is 8.30. The van der Waals surface area contributed by atoms with Crippen LogP contribution in [0.3, 0.4) is 0 Å². The van der Waals surface area contributed by atoms with Gasteiger partial charge in [0, 0.05) is 43.4 Å². The van der Waals surface area contributed by atoms with Crippen molar-refractivity contribution in [3.8, 4) is 28.7 Å². The van der Waals surface area contributed by atoms with Gasteiger partial charge in [0.2, 0.25) is 0 Å². The SMILES string of the molecule is Cn1cnnc1C1CCN(c2c(C#N)cccc2-c2cnc(F)c(Oc3ccccc3)c2)CC1. The van der Waals surface area contributed by atoms with E-state index in [-0.39, 0.29) is 5.75 Å². The molecule has 1 aliphatic heterocycles. The molecule has 1 aliphatic rings. The summed E-state index contributed by atoms with van der Waals surface area (Å²) in [7, 11) is 1.96. The Morgan fingerprint density at radius 1 is 1.09 bits per heavy atom. The maximum Gasteiger partial charge on any atom is 0.255 e. The van der Waals surface area contributed by atoms with E-state index in [1.54, 1.807) is 24.5 Å². The Kier molecular flexibility index (Phi) is 5.91. The first-order valence-corrected chi connectivity index (χ1v) is 11.1. The molecular weight excluding hydrogens is 431 g/mol. The van der Waals surface area contributed by atoms with Gasteiger partial charge in [-0.05, 0) is 37.1 Å². The molecular formula is C26H23FN6O. The largest absolute Gasteiger partial charge is 0.453 e. The monoisotopic (exact) mass is 454 g/mol. The van der Waals surface area contributed by atoms with Crippen LogP contribution in [0.1, 0.15) is 30.1 Å². The summed E-state index contributed by atoms with van der Waals surface area (Å²) in [5.74, 6) is 1.18. The lowest BCUT2D eigenvalue weighted by Gasteiger charge is -2.35. The van der Waals surface area contributed by atoms with Gasteiger partial charge in [-0.3, -0.25) is 0 Å². The molecule has 8 heteroatoms. The number of piperidine rings is 1. The van der Waals surface area contributed by atoms with Crippen molar-refractivity contribution in [2.75, 3.05) is 18.0 Å². The maximum absolute atomic E-state index is 14.5. The highest BCUT2D eigenvalue weighted by Crippen LogP contribution is 2.39. The number of para-hydroxylation sites is 2. The Morgan fingerprint density at radius 3 is 2.59 bits per heavy atom. The summed E-state index contributed by atoms with van der Waals surface area (Å²) < 4.78 is 22.2. The molecule has 1 fully saturated rings. The number of ether oxygens (including phenoxy) is 1. The van der Waals surface area contributed by atoms with Crippen molar-refractivity contribution >= 4 is 5.69 Å². The minimum Gasteiger partial charge on any atom is -0.453 e. The van der Waals surface area contributed by atoms with E-state index in [1.165, 1.54) is 6.20 Å². The summed E-state index contributed by atoms with van der Waals surface area (Å²) >= 11 is 0. The molecule has 0 N–H and O–H groups in total. The Labute approximate surface area is 197 Å². The molecule has 2 aromatic heterocycles. The van der Waals surface area contributed by atoms with E-state index in [0.29, 0.717) is 22.8 Å². The molecule has 3 heterocycles. The van der Waals surface area contributed by atoms with Crippen LogP contribution >= 0.6 is 0 Å². The second kappa shape index (κ2) is 9.32. The van der Waals surface area contributed by atoms with Crippen LogP contribution in [-0.4, -0.2) is 32.8 Å². The zero-order valence-electron chi connectivity index (χ0n) is 18.7. The number of hydrogen-bond acceptors (Lipinski definition) is 6. The first kappa shape index (κ1) is 21.6. The van der Waals surface area contributed by atoms with Gasteiger partial charge in [0.1, 0.15) is 24.0 Å². The second-order valence-electron chi connectivity index (χ2n) is 8.30. The molecule has 170 valence electrons.